The Morgan fingerprint density at radius 2 is 2.15 bits per heavy atom. The molecule has 2 bridgehead atoms. The summed E-state index contributed by atoms with van der Waals surface area (Å²) in [5.41, 5.74) is 1.19. The molecule has 0 heterocycles. The summed E-state index contributed by atoms with van der Waals surface area (Å²) in [6.45, 7) is 10.3. The van der Waals surface area contributed by atoms with Crippen LogP contribution in [0.1, 0.15) is 40.0 Å². The predicted octanol–water partition coefficient (Wildman–Crippen LogP) is 2.96. The first-order valence-corrected chi connectivity index (χ1v) is 5.12. The van der Waals surface area contributed by atoms with Crippen LogP contribution >= 0.6 is 0 Å². The molecule has 0 aliphatic heterocycles. The molecule has 2 atom stereocenters. The van der Waals surface area contributed by atoms with Crippen molar-refractivity contribution in [2.75, 3.05) is 0 Å². The number of Topliss-reactive ketones (excluding diaryl/α,β-unsaturated/α-hetero) is 1. The molecule has 13 heavy (non-hydrogen) atoms. The lowest BCUT2D eigenvalue weighted by molar-refractivity contribution is -0.128. The molecule has 2 saturated carbocycles. The third-order valence-corrected chi connectivity index (χ3v) is 4.69. The van der Waals surface area contributed by atoms with Gasteiger partial charge in [0.25, 0.3) is 0 Å². The van der Waals surface area contributed by atoms with Gasteiger partial charge in [-0.05, 0) is 37.5 Å². The van der Waals surface area contributed by atoms with E-state index in [1.165, 1.54) is 12.0 Å². The first kappa shape index (κ1) is 8.98. The quantitative estimate of drug-likeness (QED) is 0.564. The number of carbonyl (C=O) groups is 1. The molecule has 0 aromatic heterocycles. The van der Waals surface area contributed by atoms with Crippen molar-refractivity contribution in [1.29, 1.82) is 0 Å². The van der Waals surface area contributed by atoms with Crippen LogP contribution in [0.4, 0.5) is 0 Å². The Morgan fingerprint density at radius 3 is 2.38 bits per heavy atom. The standard InChI is InChI=1S/C12H18O/c1-8-7-10-5-6-12(8,9(2)13)11(10,3)4/h10H,1,5-7H2,2-4H3. The van der Waals surface area contributed by atoms with Crippen LogP contribution in [-0.2, 0) is 4.79 Å². The van der Waals surface area contributed by atoms with E-state index >= 15 is 0 Å². The van der Waals surface area contributed by atoms with E-state index in [1.807, 2.05) is 0 Å². The van der Waals surface area contributed by atoms with Crippen molar-refractivity contribution < 1.29 is 4.79 Å². The molecule has 1 nitrogen and oxygen atoms in total. The minimum atomic E-state index is -0.169. The Kier molecular flexibility index (Phi) is 1.56. The average molecular weight is 178 g/mol. The molecule has 0 spiro atoms. The zero-order valence-electron chi connectivity index (χ0n) is 8.81. The molecule has 0 saturated heterocycles. The van der Waals surface area contributed by atoms with Gasteiger partial charge in [-0.3, -0.25) is 4.79 Å². The van der Waals surface area contributed by atoms with Crippen LogP contribution in [0.25, 0.3) is 0 Å². The van der Waals surface area contributed by atoms with Crippen LogP contribution in [0, 0.1) is 16.7 Å². The van der Waals surface area contributed by atoms with Crippen LogP contribution < -0.4 is 0 Å². The summed E-state index contributed by atoms with van der Waals surface area (Å²) in [4.78, 5) is 11.8. The third kappa shape index (κ3) is 0.762. The lowest BCUT2D eigenvalue weighted by Crippen LogP contribution is -2.37. The molecular formula is C12H18O. The molecule has 0 radical (unpaired) electrons. The minimum absolute atomic E-state index is 0.163. The van der Waals surface area contributed by atoms with Crippen LogP contribution in [-0.4, -0.2) is 5.78 Å². The van der Waals surface area contributed by atoms with Gasteiger partial charge in [-0.15, -0.1) is 0 Å². The Balaban J connectivity index is 2.55. The molecule has 1 heteroatoms. The van der Waals surface area contributed by atoms with E-state index in [4.69, 9.17) is 0 Å². The fraction of sp³-hybridized carbons (Fsp3) is 0.750. The van der Waals surface area contributed by atoms with Gasteiger partial charge in [0.05, 0.1) is 5.41 Å². The molecule has 0 amide bonds. The largest absolute Gasteiger partial charge is 0.299 e. The second kappa shape index (κ2) is 2.26. The van der Waals surface area contributed by atoms with Gasteiger partial charge in [-0.25, -0.2) is 0 Å². The van der Waals surface area contributed by atoms with Gasteiger partial charge >= 0.3 is 0 Å². The summed E-state index contributed by atoms with van der Waals surface area (Å²) in [7, 11) is 0. The third-order valence-electron chi connectivity index (χ3n) is 4.69. The second-order valence-corrected chi connectivity index (χ2v) is 5.23. The Hall–Kier alpha value is -0.590. The number of fused-ring (bicyclic) bond motifs is 2. The summed E-state index contributed by atoms with van der Waals surface area (Å²) in [5.74, 6) is 1.03. The predicted molar refractivity (Wildman–Crippen MR) is 53.4 cm³/mol. The van der Waals surface area contributed by atoms with Gasteiger partial charge in [-0.2, -0.15) is 0 Å². The monoisotopic (exact) mass is 178 g/mol. The number of rotatable bonds is 1. The topological polar surface area (TPSA) is 17.1 Å². The fourth-order valence-corrected chi connectivity index (χ4v) is 3.76. The first-order valence-electron chi connectivity index (χ1n) is 5.12. The van der Waals surface area contributed by atoms with E-state index in [2.05, 4.69) is 20.4 Å². The number of hydrogen-bond acceptors (Lipinski definition) is 1. The lowest BCUT2D eigenvalue weighted by atomic mass is 9.65. The molecule has 72 valence electrons. The van der Waals surface area contributed by atoms with Gasteiger partial charge in [0.15, 0.2) is 0 Å². The van der Waals surface area contributed by atoms with E-state index in [0.717, 1.165) is 12.8 Å². The van der Waals surface area contributed by atoms with E-state index in [9.17, 15) is 4.79 Å². The van der Waals surface area contributed by atoms with E-state index < -0.39 is 0 Å². The van der Waals surface area contributed by atoms with Crippen molar-refractivity contribution in [3.05, 3.63) is 12.2 Å². The van der Waals surface area contributed by atoms with Crippen LogP contribution in [0.5, 0.6) is 0 Å². The molecule has 2 unspecified atom stereocenters. The molecule has 0 N–H and O–H groups in total. The summed E-state index contributed by atoms with van der Waals surface area (Å²) < 4.78 is 0. The SMILES string of the molecule is C=C1CC2CCC1(C(C)=O)C2(C)C. The van der Waals surface area contributed by atoms with Gasteiger partial charge in [0.1, 0.15) is 5.78 Å². The molecule has 2 aliphatic carbocycles. The number of hydrogen-bond donors (Lipinski definition) is 0. The molecule has 0 aromatic rings. The highest BCUT2D eigenvalue weighted by atomic mass is 16.1. The number of carbonyl (C=O) groups excluding carboxylic acids is 1. The first-order chi connectivity index (χ1) is 5.93. The molecule has 2 aliphatic rings. The van der Waals surface area contributed by atoms with E-state index in [1.54, 1.807) is 6.92 Å². The highest BCUT2D eigenvalue weighted by molar-refractivity contribution is 5.88. The van der Waals surface area contributed by atoms with E-state index in [0.29, 0.717) is 11.7 Å². The summed E-state index contributed by atoms with van der Waals surface area (Å²) in [5, 5.41) is 0. The van der Waals surface area contributed by atoms with Crippen molar-refractivity contribution in [3.63, 3.8) is 0 Å². The van der Waals surface area contributed by atoms with Crippen molar-refractivity contribution >= 4 is 5.78 Å². The lowest BCUT2D eigenvalue weighted by Gasteiger charge is -2.36. The summed E-state index contributed by atoms with van der Waals surface area (Å²) in [6, 6.07) is 0. The van der Waals surface area contributed by atoms with Gasteiger partial charge in [-0.1, -0.05) is 26.0 Å². The Labute approximate surface area is 80.2 Å². The van der Waals surface area contributed by atoms with Gasteiger partial charge < -0.3 is 0 Å². The number of ketones is 1. The average Bonchev–Trinajstić information content (AvgIpc) is 2.35. The van der Waals surface area contributed by atoms with Crippen molar-refractivity contribution in [3.8, 4) is 0 Å². The zero-order valence-corrected chi connectivity index (χ0v) is 8.81. The molecular weight excluding hydrogens is 160 g/mol. The van der Waals surface area contributed by atoms with Crippen molar-refractivity contribution in [1.82, 2.24) is 0 Å². The van der Waals surface area contributed by atoms with Crippen molar-refractivity contribution in [2.24, 2.45) is 16.7 Å². The maximum absolute atomic E-state index is 11.8. The normalized spacial score (nSPS) is 41.2. The Morgan fingerprint density at radius 1 is 1.54 bits per heavy atom. The zero-order chi connectivity index (χ0) is 9.85. The molecule has 2 fully saturated rings. The van der Waals surface area contributed by atoms with Gasteiger partial charge in [0, 0.05) is 0 Å². The van der Waals surface area contributed by atoms with Crippen LogP contribution in [0.3, 0.4) is 0 Å². The summed E-state index contributed by atoms with van der Waals surface area (Å²) >= 11 is 0. The maximum Gasteiger partial charge on any atom is 0.140 e. The summed E-state index contributed by atoms with van der Waals surface area (Å²) in [6.07, 6.45) is 3.33. The van der Waals surface area contributed by atoms with Gasteiger partial charge in [0.2, 0.25) is 0 Å². The van der Waals surface area contributed by atoms with Crippen LogP contribution in [0.2, 0.25) is 0 Å². The minimum Gasteiger partial charge on any atom is -0.299 e. The van der Waals surface area contributed by atoms with Crippen molar-refractivity contribution in [2.45, 2.75) is 40.0 Å². The second-order valence-electron chi connectivity index (χ2n) is 5.23. The smallest absolute Gasteiger partial charge is 0.140 e. The highest BCUT2D eigenvalue weighted by Gasteiger charge is 2.63. The highest BCUT2D eigenvalue weighted by Crippen LogP contribution is 2.67. The molecule has 0 aromatic carbocycles. The fourth-order valence-electron chi connectivity index (χ4n) is 3.76. The van der Waals surface area contributed by atoms with E-state index in [-0.39, 0.29) is 10.8 Å². The molecule has 2 rings (SSSR count). The Bertz CT molecular complexity index is 287. The number of allylic oxidation sites excluding steroid dienone is 1. The maximum atomic E-state index is 11.8. The van der Waals surface area contributed by atoms with Crippen LogP contribution in [0.15, 0.2) is 12.2 Å².